The van der Waals surface area contributed by atoms with E-state index in [4.69, 9.17) is 4.74 Å². The maximum atomic E-state index is 11.6. The number of hydrogen-bond donors (Lipinski definition) is 0. The van der Waals surface area contributed by atoms with Crippen LogP contribution in [0.15, 0.2) is 24.4 Å². The number of rotatable bonds is 4. The normalized spacial score (nSPS) is 26.0. The fourth-order valence-corrected chi connectivity index (χ4v) is 3.60. The number of nitro groups is 1. The topological polar surface area (TPSA) is 72.9 Å². The molecule has 7 heteroatoms. The molecule has 2 aromatic heterocycles. The maximum absolute atomic E-state index is 11.6. The van der Waals surface area contributed by atoms with Crippen LogP contribution in [-0.2, 0) is 4.74 Å². The number of imidazole rings is 1. The van der Waals surface area contributed by atoms with Crippen LogP contribution in [0.4, 0.5) is 11.6 Å². The molecule has 0 radical (unpaired) electrons. The van der Waals surface area contributed by atoms with Crippen LogP contribution < -0.4 is 4.90 Å². The van der Waals surface area contributed by atoms with Crippen molar-refractivity contribution in [3.8, 4) is 0 Å². The molecule has 0 N–H and O–H groups in total. The number of anilines is 1. The van der Waals surface area contributed by atoms with Crippen molar-refractivity contribution in [3.63, 3.8) is 0 Å². The molecule has 0 saturated heterocycles. The molecule has 0 amide bonds. The van der Waals surface area contributed by atoms with Crippen LogP contribution in [0.3, 0.4) is 0 Å². The molecule has 0 unspecified atom stereocenters. The van der Waals surface area contributed by atoms with E-state index in [2.05, 4.69) is 25.8 Å². The lowest BCUT2D eigenvalue weighted by Gasteiger charge is -2.61. The Morgan fingerprint density at radius 2 is 2.13 bits per heavy atom. The Hall–Kier alpha value is -2.15. The molecule has 2 aromatic rings. The number of methoxy groups -OCH3 is 1. The zero-order valence-electron chi connectivity index (χ0n) is 14.1. The SMILES string of the molecule is CO[C@@]1(C)C[C@@H](N(C)c2nc3ccccn3c2[N+](=O)[O-])C1(C)C. The average Bonchev–Trinajstić information content (AvgIpc) is 2.91. The second-order valence-electron chi connectivity index (χ2n) is 6.93. The zero-order chi connectivity index (χ0) is 17.0. The van der Waals surface area contributed by atoms with Crippen LogP contribution in [0.1, 0.15) is 27.2 Å². The molecule has 124 valence electrons. The van der Waals surface area contributed by atoms with Gasteiger partial charge in [0, 0.05) is 31.7 Å². The predicted octanol–water partition coefficient (Wildman–Crippen LogP) is 2.88. The lowest BCUT2D eigenvalue weighted by molar-refractivity contribution is -0.389. The summed E-state index contributed by atoms with van der Waals surface area (Å²) in [5, 5.41) is 11.6. The molecule has 0 aromatic carbocycles. The second-order valence-corrected chi connectivity index (χ2v) is 6.93. The van der Waals surface area contributed by atoms with Crippen LogP contribution >= 0.6 is 0 Å². The smallest absolute Gasteiger partial charge is 0.372 e. The van der Waals surface area contributed by atoms with E-state index < -0.39 is 0 Å². The van der Waals surface area contributed by atoms with Gasteiger partial charge in [-0.3, -0.25) is 0 Å². The maximum Gasteiger partial charge on any atom is 0.372 e. The Morgan fingerprint density at radius 3 is 2.70 bits per heavy atom. The Morgan fingerprint density at radius 1 is 1.43 bits per heavy atom. The van der Waals surface area contributed by atoms with Gasteiger partial charge in [0.1, 0.15) is 0 Å². The lowest BCUT2D eigenvalue weighted by Crippen LogP contribution is -2.68. The third-order valence-electron chi connectivity index (χ3n) is 5.69. The fourth-order valence-electron chi connectivity index (χ4n) is 3.60. The fraction of sp³-hybridized carbons (Fsp3) is 0.562. The van der Waals surface area contributed by atoms with Crippen molar-refractivity contribution in [2.24, 2.45) is 5.41 Å². The first-order chi connectivity index (χ1) is 10.7. The van der Waals surface area contributed by atoms with Crippen molar-refractivity contribution in [1.82, 2.24) is 9.38 Å². The van der Waals surface area contributed by atoms with Gasteiger partial charge in [-0.2, -0.15) is 9.38 Å². The molecule has 23 heavy (non-hydrogen) atoms. The van der Waals surface area contributed by atoms with Gasteiger partial charge < -0.3 is 19.8 Å². The number of aromatic nitrogens is 2. The summed E-state index contributed by atoms with van der Waals surface area (Å²) in [5.41, 5.74) is 0.202. The molecule has 2 heterocycles. The molecule has 3 rings (SSSR count). The highest BCUT2D eigenvalue weighted by Gasteiger charge is 2.60. The largest absolute Gasteiger partial charge is 0.378 e. The molecule has 1 aliphatic carbocycles. The van der Waals surface area contributed by atoms with Crippen molar-refractivity contribution in [1.29, 1.82) is 0 Å². The minimum Gasteiger partial charge on any atom is -0.378 e. The van der Waals surface area contributed by atoms with E-state index in [0.717, 1.165) is 6.42 Å². The second kappa shape index (κ2) is 4.92. The van der Waals surface area contributed by atoms with E-state index in [1.54, 1.807) is 25.4 Å². The minimum absolute atomic E-state index is 0.00456. The Kier molecular flexibility index (Phi) is 3.37. The molecular formula is C16H22N4O3. The molecule has 0 spiro atoms. The molecule has 1 saturated carbocycles. The number of fused-ring (bicyclic) bond motifs is 1. The van der Waals surface area contributed by atoms with Crippen molar-refractivity contribution >= 4 is 17.3 Å². The summed E-state index contributed by atoms with van der Waals surface area (Å²) in [5.74, 6) is 0.405. The minimum atomic E-state index is -0.368. The van der Waals surface area contributed by atoms with Gasteiger partial charge in [-0.1, -0.05) is 19.9 Å². The zero-order valence-corrected chi connectivity index (χ0v) is 14.1. The molecule has 1 fully saturated rings. The van der Waals surface area contributed by atoms with Gasteiger partial charge in [-0.15, -0.1) is 0 Å². The number of pyridine rings is 1. The Bertz CT molecular complexity index is 770. The summed E-state index contributed by atoms with van der Waals surface area (Å²) in [6, 6.07) is 5.48. The van der Waals surface area contributed by atoms with Crippen LogP contribution in [0, 0.1) is 15.5 Å². The van der Waals surface area contributed by atoms with Gasteiger partial charge in [0.25, 0.3) is 0 Å². The first-order valence-corrected chi connectivity index (χ1v) is 7.62. The molecule has 0 bridgehead atoms. The lowest BCUT2D eigenvalue weighted by atomic mass is 9.55. The molecule has 7 nitrogen and oxygen atoms in total. The summed E-state index contributed by atoms with van der Waals surface area (Å²) in [6.45, 7) is 6.33. The molecule has 0 aliphatic heterocycles. The predicted molar refractivity (Wildman–Crippen MR) is 87.8 cm³/mol. The van der Waals surface area contributed by atoms with Gasteiger partial charge in [-0.05, 0) is 24.3 Å². The standard InChI is InChI=1S/C16H22N4O3/c1-15(2)11(10-16(15,3)23-5)18(4)13-14(20(21)22)19-9-7-6-8-12(19)17-13/h6-9,11H,10H2,1-5H3/t11-,16+/m1/s1. The Balaban J connectivity index is 2.04. The highest BCUT2D eigenvalue weighted by atomic mass is 16.6. The van der Waals surface area contributed by atoms with E-state index >= 15 is 0 Å². The van der Waals surface area contributed by atoms with Gasteiger partial charge >= 0.3 is 5.82 Å². The van der Waals surface area contributed by atoms with Gasteiger partial charge in [0.05, 0.1) is 11.8 Å². The third-order valence-corrected chi connectivity index (χ3v) is 5.69. The van der Waals surface area contributed by atoms with E-state index in [9.17, 15) is 10.1 Å². The van der Waals surface area contributed by atoms with Crippen LogP contribution in [0.5, 0.6) is 0 Å². The van der Waals surface area contributed by atoms with Crippen molar-refractivity contribution in [3.05, 3.63) is 34.5 Å². The van der Waals surface area contributed by atoms with Crippen molar-refractivity contribution in [2.75, 3.05) is 19.1 Å². The summed E-state index contributed by atoms with van der Waals surface area (Å²) in [7, 11) is 3.59. The Labute approximate surface area is 135 Å². The summed E-state index contributed by atoms with van der Waals surface area (Å²) in [4.78, 5) is 17.6. The summed E-state index contributed by atoms with van der Waals surface area (Å²) in [6.07, 6.45) is 2.47. The van der Waals surface area contributed by atoms with Gasteiger partial charge in [0.15, 0.2) is 0 Å². The monoisotopic (exact) mass is 318 g/mol. The van der Waals surface area contributed by atoms with Crippen LogP contribution in [0.25, 0.3) is 5.65 Å². The third kappa shape index (κ3) is 2.03. The number of ether oxygens (including phenoxy) is 1. The molecular weight excluding hydrogens is 296 g/mol. The average molecular weight is 318 g/mol. The summed E-state index contributed by atoms with van der Waals surface area (Å²) < 4.78 is 7.18. The molecule has 2 atom stereocenters. The van der Waals surface area contributed by atoms with Gasteiger partial charge in [-0.25, -0.2) is 0 Å². The van der Waals surface area contributed by atoms with Gasteiger partial charge in [0.2, 0.25) is 11.5 Å². The van der Waals surface area contributed by atoms with Crippen molar-refractivity contribution < 1.29 is 9.66 Å². The molecule has 1 aliphatic rings. The van der Waals surface area contributed by atoms with Crippen LogP contribution in [-0.4, -0.2) is 40.1 Å². The highest BCUT2D eigenvalue weighted by molar-refractivity contribution is 5.64. The quantitative estimate of drug-likeness (QED) is 0.640. The van der Waals surface area contributed by atoms with Crippen LogP contribution in [0.2, 0.25) is 0 Å². The van der Waals surface area contributed by atoms with E-state index in [1.165, 1.54) is 4.40 Å². The summed E-state index contributed by atoms with van der Waals surface area (Å²) >= 11 is 0. The first kappa shape index (κ1) is 15.7. The van der Waals surface area contributed by atoms with Crippen molar-refractivity contribution in [2.45, 2.75) is 38.8 Å². The number of hydrogen-bond acceptors (Lipinski definition) is 5. The highest BCUT2D eigenvalue weighted by Crippen LogP contribution is 2.54. The first-order valence-electron chi connectivity index (χ1n) is 7.62. The van der Waals surface area contributed by atoms with E-state index in [-0.39, 0.29) is 27.8 Å². The van der Waals surface area contributed by atoms with E-state index in [1.807, 2.05) is 18.0 Å². The van der Waals surface area contributed by atoms with E-state index in [0.29, 0.717) is 11.5 Å². The number of nitrogens with zero attached hydrogens (tertiary/aromatic N) is 4.